The summed E-state index contributed by atoms with van der Waals surface area (Å²) >= 11 is 0. The van der Waals surface area contributed by atoms with Gasteiger partial charge in [0.05, 0.1) is 6.04 Å². The first-order valence-electron chi connectivity index (χ1n) is 7.32. The van der Waals surface area contributed by atoms with Crippen LogP contribution >= 0.6 is 0 Å². The van der Waals surface area contributed by atoms with Gasteiger partial charge in [0.15, 0.2) is 0 Å². The number of likely N-dealkylation sites (tertiary alicyclic amines) is 1. The van der Waals surface area contributed by atoms with Gasteiger partial charge in [-0.3, -0.25) is 4.79 Å². The molecular formula is C14H29N3O. The summed E-state index contributed by atoms with van der Waals surface area (Å²) in [6, 6.07) is 0.179. The summed E-state index contributed by atoms with van der Waals surface area (Å²) < 4.78 is 0. The first-order valence-corrected chi connectivity index (χ1v) is 7.32. The highest BCUT2D eigenvalue weighted by Gasteiger charge is 2.22. The highest BCUT2D eigenvalue weighted by molar-refractivity contribution is 5.81. The van der Waals surface area contributed by atoms with Gasteiger partial charge in [0.25, 0.3) is 0 Å². The Morgan fingerprint density at radius 2 is 2.11 bits per heavy atom. The van der Waals surface area contributed by atoms with E-state index in [0.717, 1.165) is 19.5 Å². The van der Waals surface area contributed by atoms with E-state index in [1.807, 2.05) is 13.8 Å². The Kier molecular flexibility index (Phi) is 6.65. The molecule has 0 aromatic carbocycles. The molecule has 1 amide bonds. The van der Waals surface area contributed by atoms with Crippen molar-refractivity contribution < 1.29 is 4.79 Å². The molecular weight excluding hydrogens is 226 g/mol. The standard InChI is InChI=1S/C14H29N3O/c1-5-11(3)16-14(18)12(4)15-9-13-7-8-17(6-2)10-13/h11-13,15H,5-10H2,1-4H3,(H,16,18). The smallest absolute Gasteiger partial charge is 0.237 e. The van der Waals surface area contributed by atoms with Gasteiger partial charge >= 0.3 is 0 Å². The number of carbonyl (C=O) groups is 1. The third-order valence-electron chi connectivity index (χ3n) is 3.92. The fourth-order valence-electron chi connectivity index (χ4n) is 2.27. The Hall–Kier alpha value is -0.610. The lowest BCUT2D eigenvalue weighted by Gasteiger charge is -2.19. The van der Waals surface area contributed by atoms with Gasteiger partial charge in [-0.1, -0.05) is 13.8 Å². The maximum absolute atomic E-state index is 11.9. The molecule has 1 rings (SSSR count). The largest absolute Gasteiger partial charge is 0.352 e. The van der Waals surface area contributed by atoms with Crippen molar-refractivity contribution in [2.24, 2.45) is 5.92 Å². The highest BCUT2D eigenvalue weighted by atomic mass is 16.2. The molecule has 3 unspecified atom stereocenters. The number of hydrogen-bond acceptors (Lipinski definition) is 3. The van der Waals surface area contributed by atoms with E-state index in [-0.39, 0.29) is 18.0 Å². The number of amides is 1. The van der Waals surface area contributed by atoms with Crippen molar-refractivity contribution in [1.29, 1.82) is 0 Å². The minimum Gasteiger partial charge on any atom is -0.352 e. The summed E-state index contributed by atoms with van der Waals surface area (Å²) in [5.74, 6) is 0.818. The lowest BCUT2D eigenvalue weighted by molar-refractivity contribution is -0.123. The number of hydrogen-bond donors (Lipinski definition) is 2. The van der Waals surface area contributed by atoms with Gasteiger partial charge in [-0.2, -0.15) is 0 Å². The average molecular weight is 255 g/mol. The summed E-state index contributed by atoms with van der Waals surface area (Å²) in [6.07, 6.45) is 2.23. The van der Waals surface area contributed by atoms with Gasteiger partial charge in [-0.25, -0.2) is 0 Å². The van der Waals surface area contributed by atoms with E-state index in [1.54, 1.807) is 0 Å². The molecule has 1 heterocycles. The van der Waals surface area contributed by atoms with E-state index in [0.29, 0.717) is 5.92 Å². The van der Waals surface area contributed by atoms with Crippen LogP contribution in [0.2, 0.25) is 0 Å². The van der Waals surface area contributed by atoms with Crippen molar-refractivity contribution in [1.82, 2.24) is 15.5 Å². The number of nitrogens with zero attached hydrogens (tertiary/aromatic N) is 1. The molecule has 1 saturated heterocycles. The van der Waals surface area contributed by atoms with Crippen molar-refractivity contribution in [3.8, 4) is 0 Å². The first kappa shape index (κ1) is 15.4. The fourth-order valence-corrected chi connectivity index (χ4v) is 2.27. The summed E-state index contributed by atoms with van der Waals surface area (Å²) in [7, 11) is 0. The predicted octanol–water partition coefficient (Wildman–Crippen LogP) is 1.22. The van der Waals surface area contributed by atoms with Crippen molar-refractivity contribution in [2.45, 2.75) is 52.6 Å². The Bertz CT molecular complexity index is 257. The SMILES string of the molecule is CCC(C)NC(=O)C(C)NCC1CCN(CC)C1. The fraction of sp³-hybridized carbons (Fsp3) is 0.929. The predicted molar refractivity (Wildman–Crippen MR) is 75.6 cm³/mol. The molecule has 0 saturated carbocycles. The summed E-state index contributed by atoms with van der Waals surface area (Å²) in [5, 5.41) is 6.37. The van der Waals surface area contributed by atoms with E-state index >= 15 is 0 Å². The van der Waals surface area contributed by atoms with E-state index < -0.39 is 0 Å². The van der Waals surface area contributed by atoms with E-state index in [1.165, 1.54) is 19.5 Å². The van der Waals surface area contributed by atoms with Crippen molar-refractivity contribution >= 4 is 5.91 Å². The van der Waals surface area contributed by atoms with E-state index in [9.17, 15) is 4.79 Å². The molecule has 18 heavy (non-hydrogen) atoms. The third-order valence-corrected chi connectivity index (χ3v) is 3.92. The number of rotatable bonds is 7. The molecule has 0 spiro atoms. The Morgan fingerprint density at radius 3 is 2.67 bits per heavy atom. The molecule has 4 heteroatoms. The van der Waals surface area contributed by atoms with E-state index in [4.69, 9.17) is 0 Å². The second-order valence-electron chi connectivity index (χ2n) is 5.50. The summed E-state index contributed by atoms with van der Waals surface area (Å²) in [6.45, 7) is 12.7. The van der Waals surface area contributed by atoms with Crippen LogP contribution in [0.15, 0.2) is 0 Å². The van der Waals surface area contributed by atoms with Gasteiger partial charge in [0, 0.05) is 12.6 Å². The lowest BCUT2D eigenvalue weighted by Crippen LogP contribution is -2.46. The molecule has 1 aliphatic rings. The molecule has 0 aliphatic carbocycles. The molecule has 106 valence electrons. The number of carbonyl (C=O) groups excluding carboxylic acids is 1. The zero-order chi connectivity index (χ0) is 13.5. The van der Waals surface area contributed by atoms with Crippen LogP contribution in [0.1, 0.15) is 40.5 Å². The van der Waals surface area contributed by atoms with Crippen LogP contribution in [0.4, 0.5) is 0 Å². The minimum absolute atomic E-state index is 0.0883. The Balaban J connectivity index is 2.20. The van der Waals surface area contributed by atoms with Crippen LogP contribution in [-0.2, 0) is 4.79 Å². The first-order chi connectivity index (χ1) is 8.56. The molecule has 0 radical (unpaired) electrons. The van der Waals surface area contributed by atoms with Gasteiger partial charge in [-0.15, -0.1) is 0 Å². The summed E-state index contributed by atoms with van der Waals surface area (Å²) in [5.41, 5.74) is 0. The monoisotopic (exact) mass is 255 g/mol. The molecule has 4 nitrogen and oxygen atoms in total. The molecule has 1 fully saturated rings. The minimum atomic E-state index is -0.0883. The van der Waals surface area contributed by atoms with Crippen molar-refractivity contribution in [3.63, 3.8) is 0 Å². The molecule has 3 atom stereocenters. The van der Waals surface area contributed by atoms with Gasteiger partial charge < -0.3 is 15.5 Å². The lowest BCUT2D eigenvalue weighted by atomic mass is 10.1. The molecule has 0 aromatic heterocycles. The van der Waals surface area contributed by atoms with Gasteiger partial charge in [-0.05, 0) is 52.2 Å². The van der Waals surface area contributed by atoms with Crippen LogP contribution in [0, 0.1) is 5.92 Å². The van der Waals surface area contributed by atoms with Crippen molar-refractivity contribution in [3.05, 3.63) is 0 Å². The third kappa shape index (κ3) is 4.94. The topological polar surface area (TPSA) is 44.4 Å². The molecule has 0 aromatic rings. The second-order valence-corrected chi connectivity index (χ2v) is 5.50. The second kappa shape index (κ2) is 7.74. The molecule has 2 N–H and O–H groups in total. The molecule has 0 bridgehead atoms. The van der Waals surface area contributed by atoms with Gasteiger partial charge in [0.1, 0.15) is 0 Å². The van der Waals surface area contributed by atoms with Crippen LogP contribution in [0.3, 0.4) is 0 Å². The highest BCUT2D eigenvalue weighted by Crippen LogP contribution is 2.14. The maximum Gasteiger partial charge on any atom is 0.237 e. The number of nitrogens with one attached hydrogen (secondary N) is 2. The quantitative estimate of drug-likeness (QED) is 0.719. The average Bonchev–Trinajstić information content (AvgIpc) is 2.83. The zero-order valence-corrected chi connectivity index (χ0v) is 12.3. The van der Waals surface area contributed by atoms with Crippen LogP contribution in [-0.4, -0.2) is 49.1 Å². The molecule has 1 aliphatic heterocycles. The van der Waals surface area contributed by atoms with Crippen LogP contribution < -0.4 is 10.6 Å². The summed E-state index contributed by atoms with van der Waals surface area (Å²) in [4.78, 5) is 14.3. The zero-order valence-electron chi connectivity index (χ0n) is 12.3. The Morgan fingerprint density at radius 1 is 1.39 bits per heavy atom. The Labute approximate surface area is 111 Å². The van der Waals surface area contributed by atoms with Gasteiger partial charge in [0.2, 0.25) is 5.91 Å². The van der Waals surface area contributed by atoms with Crippen LogP contribution in [0.25, 0.3) is 0 Å². The van der Waals surface area contributed by atoms with Crippen LogP contribution in [0.5, 0.6) is 0 Å². The van der Waals surface area contributed by atoms with Crippen molar-refractivity contribution in [2.75, 3.05) is 26.2 Å². The van der Waals surface area contributed by atoms with E-state index in [2.05, 4.69) is 29.4 Å². The normalized spacial score (nSPS) is 23.9. The maximum atomic E-state index is 11.9.